The predicted octanol–water partition coefficient (Wildman–Crippen LogP) is 3.33. The van der Waals surface area contributed by atoms with E-state index in [1.54, 1.807) is 16.8 Å². The molecule has 4 heterocycles. The summed E-state index contributed by atoms with van der Waals surface area (Å²) in [7, 11) is 0. The van der Waals surface area contributed by atoms with Gasteiger partial charge in [0.25, 0.3) is 0 Å². The molecule has 0 spiro atoms. The zero-order chi connectivity index (χ0) is 22.2. The molecule has 0 saturated carbocycles. The maximum absolute atomic E-state index is 14.1. The van der Waals surface area contributed by atoms with E-state index in [0.717, 1.165) is 22.5 Å². The van der Waals surface area contributed by atoms with Crippen molar-refractivity contribution in [1.29, 1.82) is 0 Å². The minimum Gasteiger partial charge on any atom is -0.366 e. The van der Waals surface area contributed by atoms with Gasteiger partial charge in [0.05, 0.1) is 11.1 Å². The standard InChI is InChI=1S/C24H25FN6O/c1-17-15-18(2)26-23-22(17)24(30-9-5-6-10-30)27-31(23)16-21(32)29-13-11-28(12-14-29)20-8-4-3-7-19(20)25/h3-10,15H,11-14,16H2,1-2H3. The number of halogens is 1. The maximum Gasteiger partial charge on any atom is 0.244 e. The van der Waals surface area contributed by atoms with Crippen LogP contribution in [0.25, 0.3) is 16.9 Å². The van der Waals surface area contributed by atoms with Crippen LogP contribution in [0.15, 0.2) is 54.9 Å². The maximum atomic E-state index is 14.1. The van der Waals surface area contributed by atoms with Gasteiger partial charge in [-0.3, -0.25) is 4.79 Å². The number of rotatable bonds is 4. The molecule has 0 unspecified atom stereocenters. The third-order valence-electron chi connectivity index (χ3n) is 5.97. The Hall–Kier alpha value is -3.68. The van der Waals surface area contributed by atoms with Crippen LogP contribution in [0.5, 0.6) is 0 Å². The molecule has 0 bridgehead atoms. The van der Waals surface area contributed by atoms with Gasteiger partial charge in [-0.05, 0) is 49.7 Å². The van der Waals surface area contributed by atoms with Gasteiger partial charge in [-0.1, -0.05) is 12.1 Å². The van der Waals surface area contributed by atoms with E-state index in [1.165, 1.54) is 6.07 Å². The molecule has 5 rings (SSSR count). The fourth-order valence-corrected chi connectivity index (χ4v) is 4.39. The van der Waals surface area contributed by atoms with E-state index in [2.05, 4.69) is 0 Å². The van der Waals surface area contributed by atoms with Crippen LogP contribution in [0.3, 0.4) is 0 Å². The first kappa shape index (κ1) is 20.2. The number of aryl methyl sites for hydroxylation is 2. The van der Waals surface area contributed by atoms with Crippen LogP contribution in [0, 0.1) is 19.7 Å². The van der Waals surface area contributed by atoms with Crippen molar-refractivity contribution in [3.63, 3.8) is 0 Å². The first-order chi connectivity index (χ1) is 15.5. The molecule has 32 heavy (non-hydrogen) atoms. The molecule has 0 radical (unpaired) electrons. The summed E-state index contributed by atoms with van der Waals surface area (Å²) in [5, 5.41) is 5.70. The lowest BCUT2D eigenvalue weighted by molar-refractivity contribution is -0.132. The second kappa shape index (κ2) is 8.11. The third-order valence-corrected chi connectivity index (χ3v) is 5.97. The number of piperazine rings is 1. The summed E-state index contributed by atoms with van der Waals surface area (Å²) in [6.07, 6.45) is 3.88. The van der Waals surface area contributed by atoms with Crippen LogP contribution in [0.1, 0.15) is 11.3 Å². The number of hydrogen-bond donors (Lipinski definition) is 0. The fourth-order valence-electron chi connectivity index (χ4n) is 4.39. The van der Waals surface area contributed by atoms with E-state index < -0.39 is 0 Å². The normalized spacial score (nSPS) is 14.3. The highest BCUT2D eigenvalue weighted by molar-refractivity contribution is 5.88. The molecule has 1 saturated heterocycles. The van der Waals surface area contributed by atoms with Crippen molar-refractivity contribution >= 4 is 22.6 Å². The highest BCUT2D eigenvalue weighted by atomic mass is 19.1. The number of nitrogens with zero attached hydrogens (tertiary/aromatic N) is 6. The summed E-state index contributed by atoms with van der Waals surface area (Å²) in [6, 6.07) is 12.7. The molecule has 8 heteroatoms. The number of hydrogen-bond acceptors (Lipinski definition) is 4. The number of carbonyl (C=O) groups is 1. The largest absolute Gasteiger partial charge is 0.366 e. The van der Waals surface area contributed by atoms with Gasteiger partial charge in [0.2, 0.25) is 5.91 Å². The molecule has 0 aliphatic carbocycles. The predicted molar refractivity (Wildman–Crippen MR) is 122 cm³/mol. The summed E-state index contributed by atoms with van der Waals surface area (Å²) >= 11 is 0. The van der Waals surface area contributed by atoms with Crippen LogP contribution in [-0.2, 0) is 11.3 Å². The number of aromatic nitrogens is 4. The van der Waals surface area contributed by atoms with Crippen molar-refractivity contribution in [2.45, 2.75) is 20.4 Å². The molecule has 1 aromatic carbocycles. The first-order valence-electron chi connectivity index (χ1n) is 10.8. The lowest BCUT2D eigenvalue weighted by Gasteiger charge is -2.36. The third kappa shape index (κ3) is 3.62. The molecule has 1 amide bonds. The van der Waals surface area contributed by atoms with E-state index in [1.807, 2.05) is 64.9 Å². The Kier molecular flexibility index (Phi) is 5.13. The summed E-state index contributed by atoms with van der Waals surface area (Å²) in [6.45, 7) is 6.38. The number of para-hydroxylation sites is 1. The highest BCUT2D eigenvalue weighted by Crippen LogP contribution is 2.25. The SMILES string of the molecule is Cc1cc(C)c2c(-n3cccc3)nn(CC(=O)N3CCN(c4ccccc4F)CC3)c2n1. The quantitative estimate of drug-likeness (QED) is 0.496. The Morgan fingerprint density at radius 1 is 1.03 bits per heavy atom. The number of fused-ring (bicyclic) bond motifs is 1. The Morgan fingerprint density at radius 2 is 1.75 bits per heavy atom. The van der Waals surface area contributed by atoms with Crippen molar-refractivity contribution < 1.29 is 9.18 Å². The molecule has 0 atom stereocenters. The van der Waals surface area contributed by atoms with Gasteiger partial charge < -0.3 is 14.4 Å². The molecule has 7 nitrogen and oxygen atoms in total. The van der Waals surface area contributed by atoms with Gasteiger partial charge in [-0.2, -0.15) is 5.10 Å². The zero-order valence-electron chi connectivity index (χ0n) is 18.2. The van der Waals surface area contributed by atoms with Gasteiger partial charge in [0.1, 0.15) is 12.4 Å². The van der Waals surface area contributed by atoms with Gasteiger partial charge in [0.15, 0.2) is 11.5 Å². The van der Waals surface area contributed by atoms with Gasteiger partial charge >= 0.3 is 0 Å². The summed E-state index contributed by atoms with van der Waals surface area (Å²) in [5.41, 5.74) is 3.27. The molecule has 3 aromatic heterocycles. The molecule has 1 fully saturated rings. The van der Waals surface area contributed by atoms with Crippen molar-refractivity contribution in [3.8, 4) is 5.82 Å². The highest BCUT2D eigenvalue weighted by Gasteiger charge is 2.25. The lowest BCUT2D eigenvalue weighted by Crippen LogP contribution is -2.49. The van der Waals surface area contributed by atoms with Crippen LogP contribution >= 0.6 is 0 Å². The van der Waals surface area contributed by atoms with E-state index in [9.17, 15) is 9.18 Å². The van der Waals surface area contributed by atoms with Gasteiger partial charge in [-0.15, -0.1) is 0 Å². The number of anilines is 1. The van der Waals surface area contributed by atoms with E-state index in [0.29, 0.717) is 37.5 Å². The fraction of sp³-hybridized carbons (Fsp3) is 0.292. The van der Waals surface area contributed by atoms with Gasteiger partial charge in [-0.25, -0.2) is 14.1 Å². The number of benzene rings is 1. The molecule has 1 aliphatic heterocycles. The van der Waals surface area contributed by atoms with E-state index in [-0.39, 0.29) is 18.3 Å². The minimum absolute atomic E-state index is 0.0115. The summed E-state index contributed by atoms with van der Waals surface area (Å²) in [5.74, 6) is 0.527. The monoisotopic (exact) mass is 432 g/mol. The Labute approximate surface area is 185 Å². The molecule has 0 N–H and O–H groups in total. The van der Waals surface area contributed by atoms with Crippen molar-refractivity contribution in [1.82, 2.24) is 24.2 Å². The average Bonchev–Trinajstić information content (AvgIpc) is 3.43. The average molecular weight is 433 g/mol. The molecular weight excluding hydrogens is 407 g/mol. The lowest BCUT2D eigenvalue weighted by atomic mass is 10.2. The minimum atomic E-state index is -0.232. The van der Waals surface area contributed by atoms with Crippen LogP contribution in [-0.4, -0.2) is 56.3 Å². The number of amides is 1. The Bertz CT molecular complexity index is 1270. The van der Waals surface area contributed by atoms with Crippen molar-refractivity contribution in [2.24, 2.45) is 0 Å². The topological polar surface area (TPSA) is 59.2 Å². The molecule has 4 aromatic rings. The van der Waals surface area contributed by atoms with Crippen molar-refractivity contribution in [2.75, 3.05) is 31.1 Å². The van der Waals surface area contributed by atoms with Crippen molar-refractivity contribution in [3.05, 3.63) is 71.9 Å². The summed E-state index contributed by atoms with van der Waals surface area (Å²) in [4.78, 5) is 21.6. The van der Waals surface area contributed by atoms with E-state index >= 15 is 0 Å². The second-order valence-electron chi connectivity index (χ2n) is 8.17. The smallest absolute Gasteiger partial charge is 0.244 e. The summed E-state index contributed by atoms with van der Waals surface area (Å²) < 4.78 is 17.8. The zero-order valence-corrected chi connectivity index (χ0v) is 18.2. The van der Waals surface area contributed by atoms with Crippen LogP contribution < -0.4 is 4.90 Å². The van der Waals surface area contributed by atoms with E-state index in [4.69, 9.17) is 10.1 Å². The van der Waals surface area contributed by atoms with Crippen LogP contribution in [0.4, 0.5) is 10.1 Å². The first-order valence-corrected chi connectivity index (χ1v) is 10.8. The Balaban J connectivity index is 1.37. The number of pyridine rings is 1. The molecule has 164 valence electrons. The van der Waals surface area contributed by atoms with Gasteiger partial charge in [0, 0.05) is 44.3 Å². The second-order valence-corrected chi connectivity index (χ2v) is 8.17. The van der Waals surface area contributed by atoms with Crippen LogP contribution in [0.2, 0.25) is 0 Å². The Morgan fingerprint density at radius 3 is 2.47 bits per heavy atom. The number of carbonyl (C=O) groups excluding carboxylic acids is 1. The molecule has 1 aliphatic rings. The molecular formula is C24H25FN6O.